The van der Waals surface area contributed by atoms with Crippen molar-refractivity contribution in [2.75, 3.05) is 46.2 Å². The van der Waals surface area contributed by atoms with Crippen LogP contribution in [0.25, 0.3) is 0 Å². The Kier molecular flexibility index (Phi) is 8.49. The number of carbonyl (C=O) groups is 2. The van der Waals surface area contributed by atoms with Gasteiger partial charge in [0.25, 0.3) is 5.91 Å². The van der Waals surface area contributed by atoms with Crippen molar-refractivity contribution < 1.29 is 19.1 Å². The highest BCUT2D eigenvalue weighted by Gasteiger charge is 2.27. The van der Waals surface area contributed by atoms with Crippen molar-refractivity contribution in [2.24, 2.45) is 5.92 Å². The van der Waals surface area contributed by atoms with E-state index in [0.29, 0.717) is 30.2 Å². The van der Waals surface area contributed by atoms with Gasteiger partial charge in [-0.1, -0.05) is 6.92 Å². The van der Waals surface area contributed by atoms with E-state index in [0.717, 1.165) is 6.54 Å². The molecule has 0 aliphatic carbocycles. The first-order valence-corrected chi connectivity index (χ1v) is 10.4. The molecule has 2 rings (SSSR count). The van der Waals surface area contributed by atoms with Crippen LogP contribution in [0.5, 0.6) is 5.75 Å². The molecule has 1 aromatic carbocycles. The number of hydrogen-bond donors (Lipinski definition) is 2. The molecule has 0 unspecified atom stereocenters. The van der Waals surface area contributed by atoms with Gasteiger partial charge in [0, 0.05) is 45.0 Å². The Morgan fingerprint density at radius 2 is 1.93 bits per heavy atom. The molecule has 0 fully saturated rings. The van der Waals surface area contributed by atoms with E-state index >= 15 is 0 Å². The number of benzene rings is 1. The second kappa shape index (κ2) is 10.6. The summed E-state index contributed by atoms with van der Waals surface area (Å²) in [6, 6.07) is 5.01. The lowest BCUT2D eigenvalue weighted by Gasteiger charge is -2.34. The second-order valence-electron chi connectivity index (χ2n) is 8.50. The third kappa shape index (κ3) is 6.34. The van der Waals surface area contributed by atoms with Crippen LogP contribution in [0.1, 0.15) is 38.1 Å². The van der Waals surface area contributed by atoms with Crippen LogP contribution in [0, 0.1) is 5.92 Å². The van der Waals surface area contributed by atoms with Crippen LogP contribution in [-0.4, -0.2) is 80.8 Å². The fraction of sp³-hybridized carbons (Fsp3) is 0.636. The standard InChI is InChI=1S/C22H36N4O4/c1-14(2)23-22(28)24-17-8-9-19-18(10-17)21(27)26(6)12-20(29-7)15(3)11-25(5)16(4)13-30-19/h8-10,14-16,20H,11-13H2,1-7H3,(H2,23,24,28)/t15-,16-,20-/m0/s1. The number of amides is 3. The van der Waals surface area contributed by atoms with Crippen molar-refractivity contribution in [3.8, 4) is 5.75 Å². The van der Waals surface area contributed by atoms with E-state index in [4.69, 9.17) is 9.47 Å². The Morgan fingerprint density at radius 1 is 1.23 bits per heavy atom. The molecule has 3 atom stereocenters. The van der Waals surface area contributed by atoms with Gasteiger partial charge in [0.05, 0.1) is 11.7 Å². The largest absolute Gasteiger partial charge is 0.491 e. The summed E-state index contributed by atoms with van der Waals surface area (Å²) in [6.07, 6.45) is -0.0875. The molecule has 0 saturated heterocycles. The van der Waals surface area contributed by atoms with E-state index in [-0.39, 0.29) is 36.0 Å². The molecule has 1 aliphatic rings. The first kappa shape index (κ1) is 24.0. The highest BCUT2D eigenvalue weighted by Crippen LogP contribution is 2.26. The number of nitrogens with zero attached hydrogens (tertiary/aromatic N) is 2. The molecular formula is C22H36N4O4. The minimum absolute atomic E-state index is 0.0110. The predicted octanol–water partition coefficient (Wildman–Crippen LogP) is 2.65. The van der Waals surface area contributed by atoms with Gasteiger partial charge in [0.1, 0.15) is 12.4 Å². The van der Waals surface area contributed by atoms with Crippen LogP contribution in [0.2, 0.25) is 0 Å². The van der Waals surface area contributed by atoms with Gasteiger partial charge in [-0.15, -0.1) is 0 Å². The minimum Gasteiger partial charge on any atom is -0.491 e. The van der Waals surface area contributed by atoms with Crippen LogP contribution in [0.3, 0.4) is 0 Å². The molecule has 0 spiro atoms. The molecule has 3 amide bonds. The van der Waals surface area contributed by atoms with Crippen LogP contribution in [0.4, 0.5) is 10.5 Å². The lowest BCUT2D eigenvalue weighted by Crippen LogP contribution is -2.45. The molecule has 2 N–H and O–H groups in total. The number of fused-ring (bicyclic) bond motifs is 1. The van der Waals surface area contributed by atoms with Gasteiger partial charge >= 0.3 is 6.03 Å². The van der Waals surface area contributed by atoms with E-state index in [9.17, 15) is 9.59 Å². The Hall–Kier alpha value is -2.32. The number of anilines is 1. The Balaban J connectivity index is 2.35. The lowest BCUT2D eigenvalue weighted by molar-refractivity contribution is 0.0150. The highest BCUT2D eigenvalue weighted by atomic mass is 16.5. The number of rotatable bonds is 3. The summed E-state index contributed by atoms with van der Waals surface area (Å²) in [5, 5.41) is 5.56. The van der Waals surface area contributed by atoms with Gasteiger partial charge in [-0.3, -0.25) is 9.69 Å². The molecule has 1 aliphatic heterocycles. The van der Waals surface area contributed by atoms with E-state index in [2.05, 4.69) is 36.4 Å². The maximum Gasteiger partial charge on any atom is 0.319 e. The maximum absolute atomic E-state index is 13.2. The molecule has 8 heteroatoms. The van der Waals surface area contributed by atoms with Gasteiger partial charge in [-0.05, 0) is 51.9 Å². The van der Waals surface area contributed by atoms with Crippen LogP contribution < -0.4 is 15.4 Å². The van der Waals surface area contributed by atoms with Crippen molar-refractivity contribution >= 4 is 17.6 Å². The Morgan fingerprint density at radius 3 is 2.57 bits per heavy atom. The zero-order valence-corrected chi connectivity index (χ0v) is 19.2. The lowest BCUT2D eigenvalue weighted by atomic mass is 10.0. The van der Waals surface area contributed by atoms with E-state index in [1.54, 1.807) is 37.3 Å². The van der Waals surface area contributed by atoms with Crippen molar-refractivity contribution in [1.82, 2.24) is 15.1 Å². The minimum atomic E-state index is -0.316. The number of likely N-dealkylation sites (N-methyl/N-ethyl adjacent to an activating group) is 2. The maximum atomic E-state index is 13.2. The van der Waals surface area contributed by atoms with Crippen LogP contribution in [-0.2, 0) is 4.74 Å². The molecule has 1 heterocycles. The number of hydrogen-bond acceptors (Lipinski definition) is 5. The summed E-state index contributed by atoms with van der Waals surface area (Å²) >= 11 is 0. The average molecular weight is 421 g/mol. The summed E-state index contributed by atoms with van der Waals surface area (Å²) < 4.78 is 11.7. The SMILES string of the molecule is CO[C@H]1CN(C)C(=O)c2cc(NC(=O)NC(C)C)ccc2OC[C@H](C)N(C)C[C@@H]1C. The fourth-order valence-corrected chi connectivity index (χ4v) is 3.46. The number of ether oxygens (including phenoxy) is 2. The van der Waals surface area contributed by atoms with Gasteiger partial charge in [-0.2, -0.15) is 0 Å². The third-order valence-corrected chi connectivity index (χ3v) is 5.43. The smallest absolute Gasteiger partial charge is 0.319 e. The van der Waals surface area contributed by atoms with Gasteiger partial charge in [0.15, 0.2) is 0 Å². The molecule has 8 nitrogen and oxygen atoms in total. The molecule has 0 saturated carbocycles. The third-order valence-electron chi connectivity index (χ3n) is 5.43. The predicted molar refractivity (Wildman–Crippen MR) is 118 cm³/mol. The van der Waals surface area contributed by atoms with E-state index < -0.39 is 0 Å². The van der Waals surface area contributed by atoms with Crippen molar-refractivity contribution in [2.45, 2.75) is 45.9 Å². The fourth-order valence-electron chi connectivity index (χ4n) is 3.46. The number of nitrogens with one attached hydrogen (secondary N) is 2. The van der Waals surface area contributed by atoms with Gasteiger partial charge < -0.3 is 25.0 Å². The average Bonchev–Trinajstić information content (AvgIpc) is 2.68. The molecule has 1 aromatic rings. The van der Waals surface area contributed by atoms with E-state index in [1.165, 1.54) is 0 Å². The summed E-state index contributed by atoms with van der Waals surface area (Å²) in [5.74, 6) is 0.572. The van der Waals surface area contributed by atoms with Crippen LogP contribution >= 0.6 is 0 Å². The normalized spacial score (nSPS) is 23.8. The molecular weight excluding hydrogens is 384 g/mol. The van der Waals surface area contributed by atoms with Crippen LogP contribution in [0.15, 0.2) is 18.2 Å². The van der Waals surface area contributed by atoms with Gasteiger partial charge in [0.2, 0.25) is 0 Å². The highest BCUT2D eigenvalue weighted by molar-refractivity contribution is 5.99. The Labute approximate surface area is 179 Å². The Bertz CT molecular complexity index is 740. The van der Waals surface area contributed by atoms with Crippen molar-refractivity contribution in [3.63, 3.8) is 0 Å². The second-order valence-corrected chi connectivity index (χ2v) is 8.50. The quantitative estimate of drug-likeness (QED) is 0.786. The number of carbonyl (C=O) groups excluding carboxylic acids is 2. The zero-order valence-electron chi connectivity index (χ0n) is 19.2. The van der Waals surface area contributed by atoms with E-state index in [1.807, 2.05) is 13.8 Å². The molecule has 0 aromatic heterocycles. The molecule has 30 heavy (non-hydrogen) atoms. The zero-order chi connectivity index (χ0) is 22.4. The molecule has 168 valence electrons. The summed E-state index contributed by atoms with van der Waals surface area (Å²) in [7, 11) is 5.51. The molecule has 0 radical (unpaired) electrons. The monoisotopic (exact) mass is 420 g/mol. The summed E-state index contributed by atoms with van der Waals surface area (Å²) in [5.41, 5.74) is 0.948. The number of urea groups is 1. The topological polar surface area (TPSA) is 83.1 Å². The summed E-state index contributed by atoms with van der Waals surface area (Å²) in [6.45, 7) is 9.75. The first-order chi connectivity index (χ1) is 14.1. The summed E-state index contributed by atoms with van der Waals surface area (Å²) in [4.78, 5) is 29.2. The first-order valence-electron chi connectivity index (χ1n) is 10.4. The number of methoxy groups -OCH3 is 1. The van der Waals surface area contributed by atoms with Gasteiger partial charge in [-0.25, -0.2) is 4.79 Å². The van der Waals surface area contributed by atoms with Crippen molar-refractivity contribution in [3.05, 3.63) is 23.8 Å². The van der Waals surface area contributed by atoms with Crippen molar-refractivity contribution in [1.29, 1.82) is 0 Å². The molecule has 0 bridgehead atoms.